The summed E-state index contributed by atoms with van der Waals surface area (Å²) in [5.74, 6) is -0.466. The third-order valence-electron chi connectivity index (χ3n) is 3.30. The van der Waals surface area contributed by atoms with Gasteiger partial charge in [0.05, 0.1) is 12.3 Å². The molecule has 3 amide bonds. The number of hydrogen-bond acceptors (Lipinski definition) is 4. The fraction of sp³-hybridized carbons (Fsp3) is 0.400. The molecule has 0 bridgehead atoms. The molecule has 1 aromatic rings. The molecule has 6 heteroatoms. The fourth-order valence-corrected chi connectivity index (χ4v) is 2.23. The zero-order valence-corrected chi connectivity index (χ0v) is 12.1. The lowest BCUT2D eigenvalue weighted by atomic mass is 10.2. The number of carbonyl (C=O) groups excluding carboxylic acids is 3. The van der Waals surface area contributed by atoms with Crippen molar-refractivity contribution in [3.8, 4) is 5.75 Å². The molecule has 0 aliphatic carbocycles. The number of nitrogens with zero attached hydrogens (tertiary/aromatic N) is 1. The van der Waals surface area contributed by atoms with Crippen molar-refractivity contribution in [3.63, 3.8) is 0 Å². The number of imide groups is 1. The van der Waals surface area contributed by atoms with Crippen LogP contribution in [-0.4, -0.2) is 35.3 Å². The monoisotopic (exact) mass is 290 g/mol. The summed E-state index contributed by atoms with van der Waals surface area (Å²) in [6, 6.07) is 6.20. The lowest BCUT2D eigenvalue weighted by Crippen LogP contribution is -2.45. The second-order valence-corrected chi connectivity index (χ2v) is 4.75. The maximum Gasteiger partial charge on any atom is 0.247 e. The maximum atomic E-state index is 12.2. The van der Waals surface area contributed by atoms with Crippen LogP contribution < -0.4 is 10.1 Å². The summed E-state index contributed by atoms with van der Waals surface area (Å²) in [6.07, 6.45) is 0.345. The van der Waals surface area contributed by atoms with Gasteiger partial charge in [-0.1, -0.05) is 12.1 Å². The van der Waals surface area contributed by atoms with Gasteiger partial charge in [-0.2, -0.15) is 0 Å². The lowest BCUT2D eigenvalue weighted by Gasteiger charge is -2.22. The molecule has 0 saturated carbocycles. The predicted octanol–water partition coefficient (Wildman–Crippen LogP) is 1.56. The summed E-state index contributed by atoms with van der Waals surface area (Å²) in [5, 5.41) is 2.70. The van der Waals surface area contributed by atoms with E-state index in [-0.39, 0.29) is 24.7 Å². The van der Waals surface area contributed by atoms with Crippen molar-refractivity contribution < 1.29 is 19.1 Å². The zero-order valence-electron chi connectivity index (χ0n) is 12.1. The summed E-state index contributed by atoms with van der Waals surface area (Å²) in [5.41, 5.74) is 0.523. The molecule has 112 valence electrons. The Balaban J connectivity index is 2.11. The average molecular weight is 290 g/mol. The highest BCUT2D eigenvalue weighted by atomic mass is 16.5. The third-order valence-corrected chi connectivity index (χ3v) is 3.30. The minimum Gasteiger partial charge on any atom is -0.492 e. The standard InChI is InChI=1S/C15H18N2O4/c1-3-21-12-7-5-4-6-11(12)16-15(20)10(2)17-13(18)8-9-14(17)19/h4-7,10H,3,8-9H2,1-2H3,(H,16,20)/t10-/m0/s1. The molecule has 6 nitrogen and oxygen atoms in total. The van der Waals surface area contributed by atoms with Crippen molar-refractivity contribution in [2.24, 2.45) is 0 Å². The van der Waals surface area contributed by atoms with Crippen molar-refractivity contribution in [2.75, 3.05) is 11.9 Å². The number of anilines is 1. The summed E-state index contributed by atoms with van der Waals surface area (Å²) < 4.78 is 5.42. The Bertz CT molecular complexity index is 555. The largest absolute Gasteiger partial charge is 0.492 e. The lowest BCUT2D eigenvalue weighted by molar-refractivity contribution is -0.144. The first-order valence-corrected chi connectivity index (χ1v) is 6.92. The van der Waals surface area contributed by atoms with E-state index in [4.69, 9.17) is 4.74 Å². The Morgan fingerprint density at radius 1 is 1.29 bits per heavy atom. The molecule has 1 heterocycles. The van der Waals surface area contributed by atoms with Crippen molar-refractivity contribution in [1.82, 2.24) is 4.90 Å². The van der Waals surface area contributed by atoms with Crippen LogP contribution in [-0.2, 0) is 14.4 Å². The van der Waals surface area contributed by atoms with Gasteiger partial charge in [-0.05, 0) is 26.0 Å². The Morgan fingerprint density at radius 3 is 2.52 bits per heavy atom. The highest BCUT2D eigenvalue weighted by molar-refractivity contribution is 6.07. The predicted molar refractivity (Wildman–Crippen MR) is 76.8 cm³/mol. The van der Waals surface area contributed by atoms with Crippen LogP contribution in [0.2, 0.25) is 0 Å². The Morgan fingerprint density at radius 2 is 1.90 bits per heavy atom. The van der Waals surface area contributed by atoms with Gasteiger partial charge in [0.15, 0.2) is 0 Å². The van der Waals surface area contributed by atoms with E-state index in [1.54, 1.807) is 31.2 Å². The molecule has 2 rings (SSSR count). The number of para-hydroxylation sites is 2. The highest BCUT2D eigenvalue weighted by Gasteiger charge is 2.36. The van der Waals surface area contributed by atoms with E-state index in [1.807, 2.05) is 6.92 Å². The molecule has 1 fully saturated rings. The number of hydrogen-bond donors (Lipinski definition) is 1. The number of amides is 3. The molecular weight excluding hydrogens is 272 g/mol. The number of likely N-dealkylation sites (tertiary alicyclic amines) is 1. The molecule has 1 aromatic carbocycles. The van der Waals surface area contributed by atoms with E-state index in [9.17, 15) is 14.4 Å². The molecule has 1 atom stereocenters. The summed E-state index contributed by atoms with van der Waals surface area (Å²) in [7, 11) is 0. The minimum atomic E-state index is -0.831. The molecule has 1 aliphatic heterocycles. The summed E-state index contributed by atoms with van der Waals surface area (Å²) >= 11 is 0. The van der Waals surface area contributed by atoms with Crippen LogP contribution in [0, 0.1) is 0 Å². The first kappa shape index (κ1) is 15.0. The molecule has 0 spiro atoms. The van der Waals surface area contributed by atoms with Gasteiger partial charge in [-0.15, -0.1) is 0 Å². The van der Waals surface area contributed by atoms with Crippen LogP contribution in [0.15, 0.2) is 24.3 Å². The molecule has 1 aliphatic rings. The first-order valence-electron chi connectivity index (χ1n) is 6.92. The number of ether oxygens (including phenoxy) is 1. The van der Waals surface area contributed by atoms with Gasteiger partial charge in [0.25, 0.3) is 0 Å². The van der Waals surface area contributed by atoms with Gasteiger partial charge in [0, 0.05) is 12.8 Å². The molecule has 21 heavy (non-hydrogen) atoms. The number of nitrogens with one attached hydrogen (secondary N) is 1. The maximum absolute atomic E-state index is 12.2. The van der Waals surface area contributed by atoms with E-state index in [0.717, 1.165) is 4.90 Å². The van der Waals surface area contributed by atoms with Crippen LogP contribution in [0.25, 0.3) is 0 Å². The second-order valence-electron chi connectivity index (χ2n) is 4.75. The van der Waals surface area contributed by atoms with E-state index >= 15 is 0 Å². The third kappa shape index (κ3) is 3.21. The first-order chi connectivity index (χ1) is 10.0. The van der Waals surface area contributed by atoms with Crippen LogP contribution in [0.4, 0.5) is 5.69 Å². The van der Waals surface area contributed by atoms with Crippen LogP contribution in [0.3, 0.4) is 0 Å². The van der Waals surface area contributed by atoms with Crippen LogP contribution in [0.5, 0.6) is 5.75 Å². The molecular formula is C15H18N2O4. The Hall–Kier alpha value is -2.37. The van der Waals surface area contributed by atoms with Crippen molar-refractivity contribution in [2.45, 2.75) is 32.7 Å². The zero-order chi connectivity index (χ0) is 15.4. The van der Waals surface area contributed by atoms with Crippen LogP contribution in [0.1, 0.15) is 26.7 Å². The van der Waals surface area contributed by atoms with Crippen molar-refractivity contribution >= 4 is 23.4 Å². The van der Waals surface area contributed by atoms with Gasteiger partial charge in [0.2, 0.25) is 17.7 Å². The summed E-state index contributed by atoms with van der Waals surface area (Å²) in [6.45, 7) is 3.87. The van der Waals surface area contributed by atoms with E-state index in [2.05, 4.69) is 5.32 Å². The van der Waals surface area contributed by atoms with E-state index in [1.165, 1.54) is 0 Å². The Kier molecular flexibility index (Phi) is 4.57. The molecule has 0 aromatic heterocycles. The minimum absolute atomic E-state index is 0.173. The number of benzene rings is 1. The highest BCUT2D eigenvalue weighted by Crippen LogP contribution is 2.24. The van der Waals surface area contributed by atoms with Crippen molar-refractivity contribution in [1.29, 1.82) is 0 Å². The van der Waals surface area contributed by atoms with Gasteiger partial charge >= 0.3 is 0 Å². The van der Waals surface area contributed by atoms with E-state index in [0.29, 0.717) is 18.0 Å². The smallest absolute Gasteiger partial charge is 0.247 e. The van der Waals surface area contributed by atoms with E-state index < -0.39 is 11.9 Å². The Labute approximate surface area is 123 Å². The van der Waals surface area contributed by atoms with Gasteiger partial charge in [-0.25, -0.2) is 0 Å². The number of carbonyl (C=O) groups is 3. The normalized spacial score (nSPS) is 16.0. The average Bonchev–Trinajstić information content (AvgIpc) is 2.80. The molecule has 1 saturated heterocycles. The molecule has 0 unspecified atom stereocenters. The van der Waals surface area contributed by atoms with Gasteiger partial charge < -0.3 is 10.1 Å². The fourth-order valence-electron chi connectivity index (χ4n) is 2.23. The van der Waals surface area contributed by atoms with Gasteiger partial charge in [0.1, 0.15) is 11.8 Å². The quantitative estimate of drug-likeness (QED) is 0.835. The second kappa shape index (κ2) is 6.39. The van der Waals surface area contributed by atoms with Crippen molar-refractivity contribution in [3.05, 3.63) is 24.3 Å². The topological polar surface area (TPSA) is 75.7 Å². The molecule has 0 radical (unpaired) electrons. The molecule has 1 N–H and O–H groups in total. The van der Waals surface area contributed by atoms with Gasteiger partial charge in [-0.3, -0.25) is 19.3 Å². The summed E-state index contributed by atoms with van der Waals surface area (Å²) in [4.78, 5) is 36.6. The number of rotatable bonds is 5. The SMILES string of the molecule is CCOc1ccccc1NC(=O)[C@H](C)N1C(=O)CCC1=O. The van der Waals surface area contributed by atoms with Crippen LogP contribution >= 0.6 is 0 Å².